The molecule has 4 heteroatoms. The SMILES string of the molecule is CCOC(=O)C(F)=C1CC[C@H]2[C@@H]3CC=C4C=C(OC)[C@H](C)C[C@]4(C)[C@H]3CC[C@]12C. The van der Waals surface area contributed by atoms with E-state index in [-0.39, 0.29) is 17.4 Å². The van der Waals surface area contributed by atoms with Crippen molar-refractivity contribution in [2.75, 3.05) is 13.7 Å². The van der Waals surface area contributed by atoms with Crippen LogP contribution in [0.4, 0.5) is 4.39 Å². The van der Waals surface area contributed by atoms with E-state index in [1.165, 1.54) is 5.57 Å². The van der Waals surface area contributed by atoms with Gasteiger partial charge in [0, 0.05) is 5.92 Å². The predicted octanol–water partition coefficient (Wildman–Crippen LogP) is 6.12. The fraction of sp³-hybridized carbons (Fsp3) is 0.720. The predicted molar refractivity (Wildman–Crippen MR) is 111 cm³/mol. The molecule has 4 aliphatic carbocycles. The minimum absolute atomic E-state index is 0.165. The van der Waals surface area contributed by atoms with Gasteiger partial charge >= 0.3 is 5.97 Å². The molecule has 0 aromatic rings. The number of halogens is 1. The van der Waals surface area contributed by atoms with Crippen LogP contribution in [0.1, 0.15) is 66.2 Å². The minimum Gasteiger partial charge on any atom is -0.501 e. The highest BCUT2D eigenvalue weighted by Crippen LogP contribution is 2.66. The fourth-order valence-electron chi connectivity index (χ4n) is 7.39. The van der Waals surface area contributed by atoms with Gasteiger partial charge in [-0.3, -0.25) is 0 Å². The van der Waals surface area contributed by atoms with Gasteiger partial charge in [0.1, 0.15) is 0 Å². The summed E-state index contributed by atoms with van der Waals surface area (Å²) in [5, 5.41) is 0. The summed E-state index contributed by atoms with van der Waals surface area (Å²) in [6.07, 6.45) is 10.6. The monoisotopic (exact) mass is 402 g/mol. The third-order valence-corrected chi connectivity index (χ3v) is 8.78. The third-order valence-electron chi connectivity index (χ3n) is 8.78. The molecule has 6 atom stereocenters. The van der Waals surface area contributed by atoms with Crippen molar-refractivity contribution in [3.63, 3.8) is 0 Å². The Balaban J connectivity index is 1.67. The highest BCUT2D eigenvalue weighted by atomic mass is 19.1. The van der Waals surface area contributed by atoms with Gasteiger partial charge in [-0.2, -0.15) is 4.39 Å². The summed E-state index contributed by atoms with van der Waals surface area (Å²) in [7, 11) is 1.77. The van der Waals surface area contributed by atoms with Crippen LogP contribution in [-0.2, 0) is 14.3 Å². The normalized spacial score (nSPS) is 42.7. The van der Waals surface area contributed by atoms with Gasteiger partial charge in [0.25, 0.3) is 0 Å². The Kier molecular flexibility index (Phi) is 5.19. The van der Waals surface area contributed by atoms with E-state index >= 15 is 0 Å². The van der Waals surface area contributed by atoms with Crippen LogP contribution in [0, 0.1) is 34.5 Å². The van der Waals surface area contributed by atoms with E-state index < -0.39 is 11.8 Å². The molecule has 0 unspecified atom stereocenters. The van der Waals surface area contributed by atoms with Crippen LogP contribution < -0.4 is 0 Å². The quantitative estimate of drug-likeness (QED) is 0.421. The maximum absolute atomic E-state index is 15.0. The molecule has 0 aliphatic heterocycles. The lowest BCUT2D eigenvalue weighted by Gasteiger charge is -2.57. The number of carbonyl (C=O) groups excluding carboxylic acids is 1. The van der Waals surface area contributed by atoms with Gasteiger partial charge in [0.15, 0.2) is 0 Å². The zero-order chi connectivity index (χ0) is 21.0. The zero-order valence-corrected chi connectivity index (χ0v) is 18.5. The molecule has 0 radical (unpaired) electrons. The second kappa shape index (κ2) is 7.28. The summed E-state index contributed by atoms with van der Waals surface area (Å²) in [6.45, 7) is 8.83. The van der Waals surface area contributed by atoms with E-state index in [2.05, 4.69) is 32.9 Å². The van der Waals surface area contributed by atoms with Gasteiger partial charge in [0.2, 0.25) is 5.83 Å². The summed E-state index contributed by atoms with van der Waals surface area (Å²) < 4.78 is 25.6. The number of carbonyl (C=O) groups is 1. The van der Waals surface area contributed by atoms with Crippen molar-refractivity contribution in [3.05, 3.63) is 34.9 Å². The lowest BCUT2D eigenvalue weighted by molar-refractivity contribution is -0.140. The number of allylic oxidation sites excluding steroid dienone is 5. The Hall–Kier alpha value is -1.58. The van der Waals surface area contributed by atoms with Crippen LogP contribution in [-0.4, -0.2) is 19.7 Å². The lowest BCUT2D eigenvalue weighted by atomic mass is 9.48. The Labute approximate surface area is 174 Å². The van der Waals surface area contributed by atoms with Crippen LogP contribution in [0.5, 0.6) is 0 Å². The largest absolute Gasteiger partial charge is 0.501 e. The molecule has 2 fully saturated rings. The third kappa shape index (κ3) is 3.00. The topological polar surface area (TPSA) is 35.5 Å². The molecular weight excluding hydrogens is 367 g/mol. The van der Waals surface area contributed by atoms with Crippen LogP contribution >= 0.6 is 0 Å². The summed E-state index contributed by atoms with van der Waals surface area (Å²) >= 11 is 0. The van der Waals surface area contributed by atoms with E-state index in [9.17, 15) is 9.18 Å². The van der Waals surface area contributed by atoms with Gasteiger partial charge in [-0.05, 0) is 91.3 Å². The second-order valence-corrected chi connectivity index (χ2v) is 10.1. The maximum Gasteiger partial charge on any atom is 0.367 e. The van der Waals surface area contributed by atoms with E-state index in [0.29, 0.717) is 30.1 Å². The Morgan fingerprint density at radius 1 is 1.24 bits per heavy atom. The van der Waals surface area contributed by atoms with Crippen molar-refractivity contribution in [1.29, 1.82) is 0 Å². The van der Waals surface area contributed by atoms with E-state index in [1.807, 2.05) is 0 Å². The maximum atomic E-state index is 15.0. The molecule has 0 aromatic carbocycles. The molecule has 29 heavy (non-hydrogen) atoms. The number of rotatable bonds is 3. The molecule has 0 bridgehead atoms. The Bertz CT molecular complexity index is 794. The van der Waals surface area contributed by atoms with Gasteiger partial charge < -0.3 is 9.47 Å². The first-order valence-electron chi connectivity index (χ1n) is 11.3. The fourth-order valence-corrected chi connectivity index (χ4v) is 7.39. The zero-order valence-electron chi connectivity index (χ0n) is 18.5. The average molecular weight is 403 g/mol. The van der Waals surface area contributed by atoms with Gasteiger partial charge in [0.05, 0.1) is 19.5 Å². The highest BCUT2D eigenvalue weighted by molar-refractivity contribution is 5.87. The second-order valence-electron chi connectivity index (χ2n) is 10.1. The lowest BCUT2D eigenvalue weighted by Crippen LogP contribution is -2.49. The summed E-state index contributed by atoms with van der Waals surface area (Å²) in [5.74, 6) is 1.73. The highest BCUT2D eigenvalue weighted by Gasteiger charge is 2.58. The van der Waals surface area contributed by atoms with E-state index in [0.717, 1.165) is 43.4 Å². The first-order valence-corrected chi connectivity index (χ1v) is 11.3. The van der Waals surface area contributed by atoms with E-state index in [4.69, 9.17) is 9.47 Å². The molecule has 4 aliphatic rings. The molecule has 160 valence electrons. The van der Waals surface area contributed by atoms with Crippen molar-refractivity contribution >= 4 is 5.97 Å². The number of hydrogen-bond donors (Lipinski definition) is 0. The van der Waals surface area contributed by atoms with Crippen molar-refractivity contribution in [1.82, 2.24) is 0 Å². The molecule has 0 spiro atoms. The van der Waals surface area contributed by atoms with Crippen LogP contribution in [0.2, 0.25) is 0 Å². The molecular formula is C25H35FO3. The summed E-state index contributed by atoms with van der Waals surface area (Å²) in [6, 6.07) is 0. The molecule has 0 saturated heterocycles. The first-order chi connectivity index (χ1) is 13.8. The molecule has 0 aromatic heterocycles. The summed E-state index contributed by atoms with van der Waals surface area (Å²) in [5.41, 5.74) is 2.10. The molecule has 3 nitrogen and oxygen atoms in total. The van der Waals surface area contributed by atoms with Gasteiger partial charge in [-0.1, -0.05) is 26.8 Å². The first kappa shape index (κ1) is 20.7. The number of methoxy groups -OCH3 is 1. The average Bonchev–Trinajstić information content (AvgIpc) is 3.04. The van der Waals surface area contributed by atoms with Crippen molar-refractivity contribution < 1.29 is 18.7 Å². The van der Waals surface area contributed by atoms with E-state index in [1.54, 1.807) is 14.0 Å². The Morgan fingerprint density at radius 2 is 1.97 bits per heavy atom. The smallest absolute Gasteiger partial charge is 0.367 e. The number of ether oxygens (including phenoxy) is 2. The molecule has 0 amide bonds. The standard InChI is InChI=1S/C25H35FO3/c1-6-29-23(27)22(26)20-10-9-18-17-8-7-16-13-21(28-5)15(2)14-25(16,4)19(17)11-12-24(18,20)3/h7,13,15,17-19H,6,8-12,14H2,1-5H3/t15-,17+,18+,19+,24+,25+/m1/s1. The molecule has 0 heterocycles. The van der Waals surface area contributed by atoms with Crippen LogP contribution in [0.3, 0.4) is 0 Å². The number of hydrogen-bond acceptors (Lipinski definition) is 3. The van der Waals surface area contributed by atoms with Crippen molar-refractivity contribution in [2.24, 2.45) is 34.5 Å². The number of esters is 1. The van der Waals surface area contributed by atoms with Gasteiger partial charge in [-0.15, -0.1) is 0 Å². The van der Waals surface area contributed by atoms with Crippen LogP contribution in [0.15, 0.2) is 34.9 Å². The number of fused-ring (bicyclic) bond motifs is 5. The van der Waals surface area contributed by atoms with Crippen molar-refractivity contribution in [3.8, 4) is 0 Å². The summed E-state index contributed by atoms with van der Waals surface area (Å²) in [4.78, 5) is 12.1. The molecule has 2 saturated carbocycles. The van der Waals surface area contributed by atoms with Crippen molar-refractivity contribution in [2.45, 2.75) is 66.2 Å². The minimum atomic E-state index is -0.775. The Morgan fingerprint density at radius 3 is 2.66 bits per heavy atom. The molecule has 4 rings (SSSR count). The van der Waals surface area contributed by atoms with Crippen LogP contribution in [0.25, 0.3) is 0 Å². The van der Waals surface area contributed by atoms with Gasteiger partial charge in [-0.25, -0.2) is 4.79 Å². The molecule has 0 N–H and O–H groups in total.